The molecular formula is C18H17Cl2NO3. The molecule has 0 bridgehead atoms. The van der Waals surface area contributed by atoms with Crippen LogP contribution in [-0.4, -0.2) is 11.9 Å². The lowest BCUT2D eigenvalue weighted by Gasteiger charge is -2.17. The van der Waals surface area contributed by atoms with Crippen LogP contribution in [0.15, 0.2) is 48.5 Å². The summed E-state index contributed by atoms with van der Waals surface area (Å²) in [4.78, 5) is 23.5. The third-order valence-electron chi connectivity index (χ3n) is 3.35. The molecule has 0 unspecified atom stereocenters. The van der Waals surface area contributed by atoms with Gasteiger partial charge in [0.2, 0.25) is 5.91 Å². The summed E-state index contributed by atoms with van der Waals surface area (Å²) in [5.41, 5.74) is 1.51. The fourth-order valence-corrected chi connectivity index (χ4v) is 2.67. The van der Waals surface area contributed by atoms with Crippen molar-refractivity contribution in [2.24, 2.45) is 0 Å². The summed E-state index contributed by atoms with van der Waals surface area (Å²) in [6.07, 6.45) is 0.0365. The van der Waals surface area contributed by atoms with E-state index in [1.54, 1.807) is 18.2 Å². The third-order valence-corrected chi connectivity index (χ3v) is 3.94. The molecule has 0 saturated heterocycles. The van der Waals surface area contributed by atoms with Crippen LogP contribution in [0, 0.1) is 0 Å². The van der Waals surface area contributed by atoms with Crippen LogP contribution in [0.2, 0.25) is 10.0 Å². The zero-order valence-electron chi connectivity index (χ0n) is 13.1. The van der Waals surface area contributed by atoms with Crippen LogP contribution in [0.1, 0.15) is 30.5 Å². The number of hydrogen-bond donors (Lipinski definition) is 1. The molecule has 0 heterocycles. The van der Waals surface area contributed by atoms with Gasteiger partial charge in [-0.1, -0.05) is 59.6 Å². The molecule has 6 heteroatoms. The lowest BCUT2D eigenvalue weighted by Crippen LogP contribution is -2.28. The molecule has 126 valence electrons. The van der Waals surface area contributed by atoms with E-state index >= 15 is 0 Å². The van der Waals surface area contributed by atoms with E-state index < -0.39 is 12.0 Å². The lowest BCUT2D eigenvalue weighted by atomic mass is 10.0. The summed E-state index contributed by atoms with van der Waals surface area (Å²) in [5, 5.41) is 3.72. The maximum absolute atomic E-state index is 12.1. The summed E-state index contributed by atoms with van der Waals surface area (Å²) in [7, 11) is 0. The first-order valence-electron chi connectivity index (χ1n) is 7.37. The van der Waals surface area contributed by atoms with Crippen molar-refractivity contribution in [3.05, 3.63) is 69.7 Å². The molecule has 0 aliphatic heterocycles. The van der Waals surface area contributed by atoms with Gasteiger partial charge in [-0.3, -0.25) is 9.59 Å². The number of halogens is 2. The Kier molecular flexibility index (Phi) is 6.64. The normalized spacial score (nSPS) is 11.6. The molecule has 24 heavy (non-hydrogen) atoms. The maximum Gasteiger partial charge on any atom is 0.308 e. The Morgan fingerprint density at radius 2 is 1.83 bits per heavy atom. The van der Waals surface area contributed by atoms with Gasteiger partial charge in [-0.15, -0.1) is 0 Å². The van der Waals surface area contributed by atoms with Gasteiger partial charge in [0.15, 0.2) is 0 Å². The van der Waals surface area contributed by atoms with Crippen LogP contribution in [0.25, 0.3) is 0 Å². The van der Waals surface area contributed by atoms with Gasteiger partial charge in [0.25, 0.3) is 0 Å². The van der Waals surface area contributed by atoms with Crippen molar-refractivity contribution < 1.29 is 14.3 Å². The van der Waals surface area contributed by atoms with Gasteiger partial charge in [-0.2, -0.15) is 0 Å². The van der Waals surface area contributed by atoms with Crippen molar-refractivity contribution in [3.63, 3.8) is 0 Å². The molecule has 0 spiro atoms. The minimum atomic E-state index is -0.433. The zero-order chi connectivity index (χ0) is 17.5. The van der Waals surface area contributed by atoms with Crippen molar-refractivity contribution in [2.75, 3.05) is 0 Å². The Balaban J connectivity index is 1.98. The monoisotopic (exact) mass is 365 g/mol. The van der Waals surface area contributed by atoms with E-state index in [-0.39, 0.29) is 18.9 Å². The Morgan fingerprint density at radius 1 is 1.12 bits per heavy atom. The molecule has 0 aromatic heterocycles. The number of nitrogens with one attached hydrogen (secondary N) is 1. The fourth-order valence-electron chi connectivity index (χ4n) is 2.21. The van der Waals surface area contributed by atoms with Crippen LogP contribution in [0.3, 0.4) is 0 Å². The average Bonchev–Trinajstić information content (AvgIpc) is 2.54. The quantitative estimate of drug-likeness (QED) is 0.776. The second kappa shape index (κ2) is 8.71. The van der Waals surface area contributed by atoms with Gasteiger partial charge in [0.1, 0.15) is 6.61 Å². The molecular weight excluding hydrogens is 349 g/mol. The average molecular weight is 366 g/mol. The minimum absolute atomic E-state index is 0.0365. The van der Waals surface area contributed by atoms with Crippen molar-refractivity contribution in [3.8, 4) is 0 Å². The Bertz CT molecular complexity index is 719. The molecule has 4 nitrogen and oxygen atoms in total. The van der Waals surface area contributed by atoms with E-state index in [0.717, 1.165) is 5.56 Å². The smallest absolute Gasteiger partial charge is 0.308 e. The number of hydrogen-bond acceptors (Lipinski definition) is 3. The number of rotatable bonds is 6. The molecule has 2 aromatic rings. The Labute approximate surface area is 150 Å². The second-order valence-corrected chi connectivity index (χ2v) is 6.11. The highest BCUT2D eigenvalue weighted by molar-refractivity contribution is 6.35. The van der Waals surface area contributed by atoms with E-state index in [1.807, 2.05) is 30.3 Å². The molecule has 1 N–H and O–H groups in total. The molecule has 0 saturated carbocycles. The number of ether oxygens (including phenoxy) is 1. The lowest BCUT2D eigenvalue weighted by molar-refractivity contribution is -0.145. The number of carbonyl (C=O) groups is 2. The molecule has 0 radical (unpaired) electrons. The van der Waals surface area contributed by atoms with Crippen molar-refractivity contribution in [2.45, 2.75) is 26.0 Å². The number of esters is 1. The van der Waals surface area contributed by atoms with Crippen LogP contribution in [0.4, 0.5) is 0 Å². The standard InChI is InChI=1S/C18H17Cl2NO3/c1-12(22)21-17(13-5-3-2-4-6-13)10-18(23)24-11-14-7-8-15(19)9-16(14)20/h2-9,17H,10-11H2,1H3,(H,21,22)/t17-/m0/s1. The van der Waals surface area contributed by atoms with E-state index in [9.17, 15) is 9.59 Å². The minimum Gasteiger partial charge on any atom is -0.461 e. The summed E-state index contributed by atoms with van der Waals surface area (Å²) < 4.78 is 5.26. The Morgan fingerprint density at radius 3 is 2.46 bits per heavy atom. The number of benzene rings is 2. The number of amides is 1. The largest absolute Gasteiger partial charge is 0.461 e. The molecule has 1 atom stereocenters. The molecule has 1 amide bonds. The maximum atomic E-state index is 12.1. The summed E-state index contributed by atoms with van der Waals surface area (Å²) in [6, 6.07) is 13.8. The molecule has 0 aliphatic rings. The van der Waals surface area contributed by atoms with E-state index in [1.165, 1.54) is 6.92 Å². The first-order valence-corrected chi connectivity index (χ1v) is 8.13. The topological polar surface area (TPSA) is 55.4 Å². The molecule has 0 fully saturated rings. The SMILES string of the molecule is CC(=O)N[C@@H](CC(=O)OCc1ccc(Cl)cc1Cl)c1ccccc1. The van der Waals surface area contributed by atoms with Crippen LogP contribution >= 0.6 is 23.2 Å². The van der Waals surface area contributed by atoms with E-state index in [0.29, 0.717) is 15.6 Å². The second-order valence-electron chi connectivity index (χ2n) is 5.26. The third kappa shape index (κ3) is 5.55. The van der Waals surface area contributed by atoms with Crippen molar-refractivity contribution in [1.82, 2.24) is 5.32 Å². The highest BCUT2D eigenvalue weighted by Crippen LogP contribution is 2.22. The zero-order valence-corrected chi connectivity index (χ0v) is 14.6. The van der Waals surface area contributed by atoms with Crippen molar-refractivity contribution in [1.29, 1.82) is 0 Å². The summed E-state index contributed by atoms with van der Waals surface area (Å²) in [6.45, 7) is 1.46. The molecule has 2 rings (SSSR count). The van der Waals surface area contributed by atoms with Gasteiger partial charge in [0.05, 0.1) is 12.5 Å². The number of carbonyl (C=O) groups excluding carboxylic acids is 2. The molecule has 2 aromatic carbocycles. The summed E-state index contributed by atoms with van der Waals surface area (Å²) >= 11 is 11.9. The van der Waals surface area contributed by atoms with E-state index in [2.05, 4.69) is 5.32 Å². The van der Waals surface area contributed by atoms with Gasteiger partial charge in [-0.25, -0.2) is 0 Å². The predicted molar refractivity (Wildman–Crippen MR) is 93.9 cm³/mol. The molecule has 0 aliphatic carbocycles. The van der Waals surface area contributed by atoms with Crippen LogP contribution in [0.5, 0.6) is 0 Å². The predicted octanol–water partition coefficient (Wildman–Crippen LogP) is 4.30. The van der Waals surface area contributed by atoms with Gasteiger partial charge in [0, 0.05) is 22.5 Å². The van der Waals surface area contributed by atoms with Gasteiger partial charge in [-0.05, 0) is 17.7 Å². The van der Waals surface area contributed by atoms with Crippen molar-refractivity contribution >= 4 is 35.1 Å². The highest BCUT2D eigenvalue weighted by atomic mass is 35.5. The fraction of sp³-hybridized carbons (Fsp3) is 0.222. The van der Waals surface area contributed by atoms with E-state index in [4.69, 9.17) is 27.9 Å². The van der Waals surface area contributed by atoms with Crippen LogP contribution < -0.4 is 5.32 Å². The van der Waals surface area contributed by atoms with Gasteiger partial charge < -0.3 is 10.1 Å². The first kappa shape index (κ1) is 18.3. The van der Waals surface area contributed by atoms with Gasteiger partial charge >= 0.3 is 5.97 Å². The van der Waals surface area contributed by atoms with Crippen LogP contribution in [-0.2, 0) is 20.9 Å². The highest BCUT2D eigenvalue weighted by Gasteiger charge is 2.18. The first-order chi connectivity index (χ1) is 11.5. The summed E-state index contributed by atoms with van der Waals surface area (Å²) in [5.74, 6) is -0.638. The Hall–Kier alpha value is -2.04.